The molecule has 0 spiro atoms. The van der Waals surface area contributed by atoms with E-state index in [-0.39, 0.29) is 5.82 Å². The van der Waals surface area contributed by atoms with Gasteiger partial charge in [0.1, 0.15) is 5.82 Å². The summed E-state index contributed by atoms with van der Waals surface area (Å²) < 4.78 is 13.7. The minimum absolute atomic E-state index is 0.177. The van der Waals surface area contributed by atoms with E-state index < -0.39 is 0 Å². The van der Waals surface area contributed by atoms with Crippen molar-refractivity contribution in [2.45, 2.75) is 16.7 Å². The minimum atomic E-state index is -0.177. The molecule has 0 saturated heterocycles. The van der Waals surface area contributed by atoms with Gasteiger partial charge in [-0.3, -0.25) is 0 Å². The lowest BCUT2D eigenvalue weighted by molar-refractivity contribution is 0.342. The van der Waals surface area contributed by atoms with Crippen LogP contribution in [0.25, 0.3) is 0 Å². The van der Waals surface area contributed by atoms with Crippen LogP contribution in [0.2, 0.25) is 0 Å². The summed E-state index contributed by atoms with van der Waals surface area (Å²) >= 11 is 1.72. The SMILES string of the molecule is CC(CN(C)C)CN1c2ccccc2Sc2ccc(F)cc21. The number of para-hydroxylation sites is 1. The van der Waals surface area contributed by atoms with Crippen LogP contribution in [0.1, 0.15) is 6.92 Å². The topological polar surface area (TPSA) is 6.48 Å². The van der Waals surface area contributed by atoms with Gasteiger partial charge >= 0.3 is 0 Å². The Kier molecular flexibility index (Phi) is 4.41. The van der Waals surface area contributed by atoms with E-state index in [0.717, 1.165) is 23.7 Å². The van der Waals surface area contributed by atoms with Gasteiger partial charge in [-0.2, -0.15) is 0 Å². The molecule has 116 valence electrons. The number of anilines is 2. The average molecular weight is 316 g/mol. The second-order valence-corrected chi connectivity index (χ2v) is 7.24. The zero-order valence-electron chi connectivity index (χ0n) is 13.2. The molecular weight excluding hydrogens is 295 g/mol. The van der Waals surface area contributed by atoms with E-state index in [2.05, 4.69) is 49.0 Å². The smallest absolute Gasteiger partial charge is 0.125 e. The second-order valence-electron chi connectivity index (χ2n) is 6.16. The summed E-state index contributed by atoms with van der Waals surface area (Å²) in [7, 11) is 4.17. The van der Waals surface area contributed by atoms with Crippen molar-refractivity contribution in [1.29, 1.82) is 0 Å². The summed E-state index contributed by atoms with van der Waals surface area (Å²) in [5.74, 6) is 0.311. The molecule has 1 aliphatic heterocycles. The first-order valence-corrected chi connectivity index (χ1v) is 8.35. The highest BCUT2D eigenvalue weighted by Crippen LogP contribution is 2.48. The van der Waals surface area contributed by atoms with E-state index in [9.17, 15) is 4.39 Å². The monoisotopic (exact) mass is 316 g/mol. The Morgan fingerprint density at radius 1 is 1.09 bits per heavy atom. The first-order chi connectivity index (χ1) is 10.5. The van der Waals surface area contributed by atoms with E-state index in [1.54, 1.807) is 23.9 Å². The zero-order chi connectivity index (χ0) is 15.7. The van der Waals surface area contributed by atoms with Gasteiger partial charge in [-0.15, -0.1) is 0 Å². The first-order valence-electron chi connectivity index (χ1n) is 7.53. The average Bonchev–Trinajstić information content (AvgIpc) is 2.47. The minimum Gasteiger partial charge on any atom is -0.339 e. The predicted molar refractivity (Wildman–Crippen MR) is 91.7 cm³/mol. The molecule has 2 aromatic carbocycles. The van der Waals surface area contributed by atoms with Crippen LogP contribution in [0.3, 0.4) is 0 Å². The number of nitrogens with zero attached hydrogens (tertiary/aromatic N) is 2. The fourth-order valence-corrected chi connectivity index (χ4v) is 4.07. The maximum atomic E-state index is 13.7. The fourth-order valence-electron chi connectivity index (χ4n) is 2.99. The molecule has 0 saturated carbocycles. The van der Waals surface area contributed by atoms with Crippen LogP contribution in [0.15, 0.2) is 52.3 Å². The summed E-state index contributed by atoms with van der Waals surface area (Å²) in [6, 6.07) is 13.4. The molecule has 0 N–H and O–H groups in total. The molecule has 2 nitrogen and oxygen atoms in total. The largest absolute Gasteiger partial charge is 0.339 e. The number of rotatable bonds is 4. The van der Waals surface area contributed by atoms with Crippen molar-refractivity contribution < 1.29 is 4.39 Å². The Balaban J connectivity index is 1.98. The lowest BCUT2D eigenvalue weighted by Crippen LogP contribution is -2.31. The molecule has 0 fully saturated rings. The second kappa shape index (κ2) is 6.31. The molecule has 4 heteroatoms. The third kappa shape index (κ3) is 3.13. The zero-order valence-corrected chi connectivity index (χ0v) is 14.0. The summed E-state index contributed by atoms with van der Waals surface area (Å²) in [5.41, 5.74) is 2.16. The third-order valence-electron chi connectivity index (χ3n) is 3.76. The lowest BCUT2D eigenvalue weighted by Gasteiger charge is -2.35. The van der Waals surface area contributed by atoms with Crippen LogP contribution < -0.4 is 4.90 Å². The first kappa shape index (κ1) is 15.4. The van der Waals surface area contributed by atoms with E-state index in [4.69, 9.17) is 0 Å². The van der Waals surface area contributed by atoms with Gasteiger partial charge in [0.25, 0.3) is 0 Å². The molecular formula is C18H21FN2S. The Labute approximate surface area is 135 Å². The molecule has 22 heavy (non-hydrogen) atoms. The van der Waals surface area contributed by atoms with Gasteiger partial charge in [0.2, 0.25) is 0 Å². The van der Waals surface area contributed by atoms with Gasteiger partial charge in [0.05, 0.1) is 11.4 Å². The van der Waals surface area contributed by atoms with E-state index in [0.29, 0.717) is 5.92 Å². The number of hydrogen-bond acceptors (Lipinski definition) is 3. The highest BCUT2D eigenvalue weighted by atomic mass is 32.2. The summed E-state index contributed by atoms with van der Waals surface area (Å²) in [6.07, 6.45) is 0. The van der Waals surface area contributed by atoms with Crippen LogP contribution in [0, 0.1) is 11.7 Å². The molecule has 0 radical (unpaired) electrons. The lowest BCUT2D eigenvalue weighted by atomic mass is 10.1. The van der Waals surface area contributed by atoms with Gasteiger partial charge < -0.3 is 9.80 Å². The van der Waals surface area contributed by atoms with Gasteiger partial charge in [-0.05, 0) is 50.3 Å². The van der Waals surface area contributed by atoms with Crippen LogP contribution in [-0.4, -0.2) is 32.1 Å². The quantitative estimate of drug-likeness (QED) is 0.812. The molecule has 1 atom stereocenters. The summed E-state index contributed by atoms with van der Waals surface area (Å²) in [4.78, 5) is 6.82. The number of hydrogen-bond donors (Lipinski definition) is 0. The van der Waals surface area contributed by atoms with Crippen molar-refractivity contribution in [3.8, 4) is 0 Å². The standard InChI is InChI=1S/C18H21FN2S/c1-13(11-20(2)3)12-21-15-6-4-5-7-17(15)22-18-9-8-14(19)10-16(18)21/h4-10,13H,11-12H2,1-3H3. The van der Waals surface area contributed by atoms with Crippen molar-refractivity contribution in [2.75, 3.05) is 32.1 Å². The predicted octanol–water partition coefficient (Wildman–Crippen LogP) is 4.63. The molecule has 1 aliphatic rings. The van der Waals surface area contributed by atoms with Crippen LogP contribution in [0.4, 0.5) is 15.8 Å². The molecule has 3 rings (SSSR count). The van der Waals surface area contributed by atoms with Crippen molar-refractivity contribution in [2.24, 2.45) is 5.92 Å². The van der Waals surface area contributed by atoms with E-state index >= 15 is 0 Å². The molecule has 2 aromatic rings. The van der Waals surface area contributed by atoms with Crippen LogP contribution >= 0.6 is 11.8 Å². The highest BCUT2D eigenvalue weighted by Gasteiger charge is 2.24. The van der Waals surface area contributed by atoms with Gasteiger partial charge in [-0.1, -0.05) is 30.8 Å². The molecule has 0 aromatic heterocycles. The van der Waals surface area contributed by atoms with Gasteiger partial charge in [0.15, 0.2) is 0 Å². The number of fused-ring (bicyclic) bond motifs is 2. The fraction of sp³-hybridized carbons (Fsp3) is 0.333. The van der Waals surface area contributed by atoms with E-state index in [1.807, 2.05) is 12.1 Å². The number of benzene rings is 2. The van der Waals surface area contributed by atoms with Crippen molar-refractivity contribution in [1.82, 2.24) is 4.90 Å². The Morgan fingerprint density at radius 3 is 2.59 bits per heavy atom. The van der Waals surface area contributed by atoms with Gasteiger partial charge in [-0.25, -0.2) is 4.39 Å². The molecule has 1 heterocycles. The maximum Gasteiger partial charge on any atom is 0.125 e. The van der Waals surface area contributed by atoms with Crippen LogP contribution in [-0.2, 0) is 0 Å². The van der Waals surface area contributed by atoms with Crippen LogP contribution in [0.5, 0.6) is 0 Å². The molecule has 1 unspecified atom stereocenters. The molecule has 0 aliphatic carbocycles. The maximum absolute atomic E-state index is 13.7. The summed E-state index contributed by atoms with van der Waals surface area (Å²) in [6.45, 7) is 4.13. The number of halogens is 1. The van der Waals surface area contributed by atoms with Crippen molar-refractivity contribution >= 4 is 23.1 Å². The summed E-state index contributed by atoms with van der Waals surface area (Å²) in [5, 5.41) is 0. The van der Waals surface area contributed by atoms with Gasteiger partial charge in [0, 0.05) is 22.9 Å². The Hall–Kier alpha value is -1.52. The third-order valence-corrected chi connectivity index (χ3v) is 4.89. The highest BCUT2D eigenvalue weighted by molar-refractivity contribution is 7.99. The normalized spacial score (nSPS) is 14.7. The Bertz CT molecular complexity index is 672. The molecule has 0 bridgehead atoms. The van der Waals surface area contributed by atoms with Crippen molar-refractivity contribution in [3.05, 3.63) is 48.3 Å². The Morgan fingerprint density at radius 2 is 1.82 bits per heavy atom. The van der Waals surface area contributed by atoms with Crippen molar-refractivity contribution in [3.63, 3.8) is 0 Å². The molecule has 0 amide bonds. The van der Waals surface area contributed by atoms with E-state index in [1.165, 1.54) is 10.6 Å².